The van der Waals surface area contributed by atoms with Gasteiger partial charge in [0.25, 0.3) is 5.91 Å². The Morgan fingerprint density at radius 2 is 1.86 bits per heavy atom. The third kappa shape index (κ3) is 4.94. The smallest absolute Gasteiger partial charge is 0.285 e. The summed E-state index contributed by atoms with van der Waals surface area (Å²) >= 11 is 7.32. The molecule has 1 amide bonds. The number of rotatable bonds is 5. The van der Waals surface area contributed by atoms with Crippen LogP contribution >= 0.6 is 23.4 Å². The molecule has 6 nitrogen and oxygen atoms in total. The number of thioether (sulfide) groups is 1. The number of sulfone groups is 1. The quantitative estimate of drug-likeness (QED) is 0.697. The molecule has 2 fully saturated rings. The maximum atomic E-state index is 12.4. The molecule has 2 atom stereocenters. The Bertz CT molecular complexity index is 1030. The van der Waals surface area contributed by atoms with Crippen molar-refractivity contribution in [2.24, 2.45) is 4.99 Å². The lowest BCUT2D eigenvalue weighted by Crippen LogP contribution is -2.37. The van der Waals surface area contributed by atoms with Crippen LogP contribution in [0.1, 0.15) is 5.56 Å². The van der Waals surface area contributed by atoms with Crippen molar-refractivity contribution >= 4 is 44.3 Å². The third-order valence-electron chi connectivity index (χ3n) is 4.77. The number of amidine groups is 1. The highest BCUT2D eigenvalue weighted by molar-refractivity contribution is 8.15. The zero-order valence-corrected chi connectivity index (χ0v) is 17.8. The van der Waals surface area contributed by atoms with E-state index in [1.54, 1.807) is 24.3 Å². The molecule has 2 aromatic rings. The molecule has 2 aliphatic rings. The molecule has 0 aromatic heterocycles. The van der Waals surface area contributed by atoms with Gasteiger partial charge in [0, 0.05) is 16.8 Å². The van der Waals surface area contributed by atoms with Crippen molar-refractivity contribution in [1.29, 1.82) is 0 Å². The van der Waals surface area contributed by atoms with Crippen molar-refractivity contribution < 1.29 is 17.9 Å². The van der Waals surface area contributed by atoms with E-state index in [4.69, 9.17) is 16.3 Å². The van der Waals surface area contributed by atoms with E-state index >= 15 is 0 Å². The van der Waals surface area contributed by atoms with Crippen LogP contribution in [-0.2, 0) is 21.2 Å². The zero-order valence-electron chi connectivity index (χ0n) is 15.4. The predicted molar refractivity (Wildman–Crippen MR) is 115 cm³/mol. The molecule has 2 aliphatic heterocycles. The summed E-state index contributed by atoms with van der Waals surface area (Å²) in [5.41, 5.74) is 0.973. The van der Waals surface area contributed by atoms with Gasteiger partial charge in [-0.15, -0.1) is 0 Å². The third-order valence-corrected chi connectivity index (χ3v) is 8.27. The van der Waals surface area contributed by atoms with E-state index in [0.717, 1.165) is 5.56 Å². The van der Waals surface area contributed by atoms with Crippen LogP contribution in [0.4, 0.5) is 0 Å². The molecule has 0 bridgehead atoms. The molecule has 9 heteroatoms. The van der Waals surface area contributed by atoms with E-state index in [-0.39, 0.29) is 29.4 Å². The highest BCUT2D eigenvalue weighted by Gasteiger charge is 2.48. The number of aliphatic imine (C=N–C) groups is 1. The molecule has 0 unspecified atom stereocenters. The monoisotopic (exact) mass is 450 g/mol. The minimum absolute atomic E-state index is 0.0754. The van der Waals surface area contributed by atoms with Crippen LogP contribution in [0.3, 0.4) is 0 Å². The van der Waals surface area contributed by atoms with Gasteiger partial charge < -0.3 is 9.64 Å². The number of ether oxygens (including phenoxy) is 1. The Kier molecular flexibility index (Phi) is 5.85. The van der Waals surface area contributed by atoms with Gasteiger partial charge in [-0.05, 0) is 29.8 Å². The first kappa shape index (κ1) is 20.3. The summed E-state index contributed by atoms with van der Waals surface area (Å²) in [6, 6.07) is 16.2. The van der Waals surface area contributed by atoms with E-state index in [9.17, 15) is 13.2 Å². The maximum absolute atomic E-state index is 12.4. The maximum Gasteiger partial charge on any atom is 0.285 e. The van der Waals surface area contributed by atoms with Gasteiger partial charge in [-0.1, -0.05) is 53.7 Å². The van der Waals surface area contributed by atoms with Crippen LogP contribution in [0.2, 0.25) is 5.02 Å². The normalized spacial score (nSPS) is 23.9. The second kappa shape index (κ2) is 8.38. The van der Waals surface area contributed by atoms with E-state index in [1.807, 2.05) is 35.2 Å². The van der Waals surface area contributed by atoms with Crippen LogP contribution in [-0.4, -0.2) is 53.8 Å². The number of carbonyl (C=O) groups excluding carboxylic acids is 1. The van der Waals surface area contributed by atoms with Gasteiger partial charge in [0.2, 0.25) is 0 Å². The van der Waals surface area contributed by atoms with Crippen molar-refractivity contribution in [1.82, 2.24) is 4.90 Å². The summed E-state index contributed by atoms with van der Waals surface area (Å²) in [5.74, 6) is 0.375. The SMILES string of the molecule is O=C(COc1ccccc1)N=C1S[C@@H]2CS(=O)(=O)C[C@@H]2N1Cc1ccc(Cl)cc1. The van der Waals surface area contributed by atoms with Gasteiger partial charge in [0.15, 0.2) is 21.6 Å². The first-order valence-corrected chi connectivity index (χ1v) is 12.1. The fraction of sp³-hybridized carbons (Fsp3) is 0.300. The largest absolute Gasteiger partial charge is 0.484 e. The second-order valence-electron chi connectivity index (χ2n) is 6.94. The van der Waals surface area contributed by atoms with Gasteiger partial charge in [0.1, 0.15) is 5.75 Å². The first-order chi connectivity index (χ1) is 13.9. The van der Waals surface area contributed by atoms with Gasteiger partial charge in [-0.25, -0.2) is 8.42 Å². The molecular weight excluding hydrogens is 432 g/mol. The average Bonchev–Trinajstić information content (AvgIpc) is 3.15. The van der Waals surface area contributed by atoms with Crippen molar-refractivity contribution in [3.05, 3.63) is 65.2 Å². The fourth-order valence-corrected chi connectivity index (χ4v) is 7.50. The highest BCUT2D eigenvalue weighted by atomic mass is 35.5. The first-order valence-electron chi connectivity index (χ1n) is 9.07. The molecule has 2 saturated heterocycles. The topological polar surface area (TPSA) is 76.0 Å². The Hall–Kier alpha value is -2.03. The molecule has 0 spiro atoms. The number of halogens is 1. The number of nitrogens with zero attached hydrogens (tertiary/aromatic N) is 2. The summed E-state index contributed by atoms with van der Waals surface area (Å²) in [5, 5.41) is 1.06. The highest BCUT2D eigenvalue weighted by Crippen LogP contribution is 2.39. The van der Waals surface area contributed by atoms with Crippen molar-refractivity contribution in [2.45, 2.75) is 17.8 Å². The number of amides is 1. The molecule has 0 saturated carbocycles. The van der Waals surface area contributed by atoms with Gasteiger partial charge >= 0.3 is 0 Å². The van der Waals surface area contributed by atoms with E-state index < -0.39 is 15.7 Å². The van der Waals surface area contributed by atoms with Crippen LogP contribution in [0.15, 0.2) is 59.6 Å². The van der Waals surface area contributed by atoms with Crippen molar-refractivity contribution in [2.75, 3.05) is 18.1 Å². The van der Waals surface area contributed by atoms with E-state index in [1.165, 1.54) is 11.8 Å². The molecule has 152 valence electrons. The lowest BCUT2D eigenvalue weighted by atomic mass is 10.1. The fourth-order valence-electron chi connectivity index (χ4n) is 3.41. The number of para-hydroxylation sites is 1. The molecule has 29 heavy (non-hydrogen) atoms. The number of fused-ring (bicyclic) bond motifs is 1. The summed E-state index contributed by atoms with van der Waals surface area (Å²) in [4.78, 5) is 18.5. The molecule has 4 rings (SSSR count). The molecular formula is C20H19ClN2O4S2. The van der Waals surface area contributed by atoms with Crippen molar-refractivity contribution in [3.63, 3.8) is 0 Å². The Labute approximate surface area is 178 Å². The lowest BCUT2D eigenvalue weighted by Gasteiger charge is -2.24. The van der Waals surface area contributed by atoms with Gasteiger partial charge in [0.05, 0.1) is 17.5 Å². The second-order valence-corrected chi connectivity index (χ2v) is 10.7. The van der Waals surface area contributed by atoms with Gasteiger partial charge in [-0.3, -0.25) is 4.79 Å². The lowest BCUT2D eigenvalue weighted by molar-refractivity contribution is -0.119. The summed E-state index contributed by atoms with van der Waals surface area (Å²) in [7, 11) is -3.08. The predicted octanol–water partition coefficient (Wildman–Crippen LogP) is 3.02. The van der Waals surface area contributed by atoms with E-state index in [0.29, 0.717) is 22.5 Å². The summed E-state index contributed by atoms with van der Waals surface area (Å²) in [6.45, 7) is 0.295. The van der Waals surface area contributed by atoms with Crippen LogP contribution in [0.25, 0.3) is 0 Å². The Morgan fingerprint density at radius 1 is 1.14 bits per heavy atom. The molecule has 0 N–H and O–H groups in total. The zero-order chi connectivity index (χ0) is 20.4. The van der Waals surface area contributed by atoms with Crippen LogP contribution in [0.5, 0.6) is 5.75 Å². The molecule has 2 aromatic carbocycles. The van der Waals surface area contributed by atoms with Crippen molar-refractivity contribution in [3.8, 4) is 5.75 Å². The van der Waals surface area contributed by atoms with Crippen LogP contribution < -0.4 is 4.74 Å². The van der Waals surface area contributed by atoms with E-state index in [2.05, 4.69) is 4.99 Å². The number of hydrogen-bond acceptors (Lipinski definition) is 5. The van der Waals surface area contributed by atoms with Gasteiger partial charge in [-0.2, -0.15) is 4.99 Å². The minimum Gasteiger partial charge on any atom is -0.484 e. The molecule has 2 heterocycles. The molecule has 0 radical (unpaired) electrons. The number of carbonyl (C=O) groups is 1. The number of hydrogen-bond donors (Lipinski definition) is 0. The summed E-state index contributed by atoms with van der Waals surface area (Å²) in [6.07, 6.45) is 0. The average molecular weight is 451 g/mol. The summed E-state index contributed by atoms with van der Waals surface area (Å²) < 4.78 is 29.7. The number of benzene rings is 2. The standard InChI is InChI=1S/C20H19ClN2O4S2/c21-15-8-6-14(7-9-15)10-23-17-12-29(25,26)13-18(17)28-20(23)22-19(24)11-27-16-4-2-1-3-5-16/h1-9,17-18H,10-13H2/t17-,18+/m0/s1. The minimum atomic E-state index is -3.08. The van der Waals surface area contributed by atoms with Crippen LogP contribution in [0, 0.1) is 0 Å². The molecule has 0 aliphatic carbocycles. The Morgan fingerprint density at radius 3 is 2.59 bits per heavy atom. The Balaban J connectivity index is 1.51.